The summed E-state index contributed by atoms with van der Waals surface area (Å²) in [4.78, 5) is 66.9. The maximum Gasteiger partial charge on any atom is 0.413 e. The van der Waals surface area contributed by atoms with Crippen molar-refractivity contribution in [3.05, 3.63) is 111 Å². The summed E-state index contributed by atoms with van der Waals surface area (Å²) in [5.41, 5.74) is -1.13. The van der Waals surface area contributed by atoms with Crippen LogP contribution in [0.2, 0.25) is 5.04 Å². The first-order chi connectivity index (χ1) is 30.9. The number of aryl methyl sites for hydroxylation is 1. The molecular formula is C47H55N9O6S2Si. The number of nitrogens with one attached hydrogen (secondary N) is 3. The highest BCUT2D eigenvalue weighted by atomic mass is 32.1. The average Bonchev–Trinajstić information content (AvgIpc) is 3.98. The standard InChI is InChI=1S/C47H55N9O6S2Si/c1-28-19-37(42(58)50-24-33-21-30-23-48-39(22-38(30)64-33)52-45(60)61-46(3,4)5)56-40(28)49-25-36(43(56)59)51-41(57)31-20-32(27-55(26-31)44-54-53-29(2)63-44)62-65(47(6,7)8,34-15-11-9-12-16-34)35-17-13-10-14-18-35/h9-18,21-23,25,28,31-32,37H,19-20,24,26-27H2,1-8H3,(H,50,58)(H,51,57)(H,48,52,60)/t28-,31+,32-,37+/m1/s1. The number of hydrogen-bond acceptors (Lipinski definition) is 13. The minimum Gasteiger partial charge on any atom is -0.444 e. The number of carbonyl (C=O) groups excluding carboxylic acids is 3. The third-order valence-corrected chi connectivity index (χ3v) is 18.8. The van der Waals surface area contributed by atoms with Crippen LogP contribution in [-0.4, -0.2) is 75.8 Å². The molecule has 6 aromatic rings. The van der Waals surface area contributed by atoms with E-state index in [0.717, 1.165) is 30.3 Å². The Balaban J connectivity index is 1.01. The summed E-state index contributed by atoms with van der Waals surface area (Å²) in [6, 6.07) is 23.7. The molecule has 0 saturated carbocycles. The smallest absolute Gasteiger partial charge is 0.413 e. The molecule has 0 aliphatic carbocycles. The number of piperidine rings is 1. The van der Waals surface area contributed by atoms with Crippen LogP contribution in [0, 0.1) is 12.8 Å². The van der Waals surface area contributed by atoms with Crippen LogP contribution in [0.3, 0.4) is 0 Å². The van der Waals surface area contributed by atoms with E-state index < -0.39 is 37.5 Å². The summed E-state index contributed by atoms with van der Waals surface area (Å²) in [7, 11) is -3.01. The van der Waals surface area contributed by atoms with Gasteiger partial charge in [-0.15, -0.1) is 21.5 Å². The van der Waals surface area contributed by atoms with Crippen molar-refractivity contribution in [2.75, 3.05) is 28.6 Å². The van der Waals surface area contributed by atoms with Gasteiger partial charge in [0, 0.05) is 40.2 Å². The zero-order valence-corrected chi connectivity index (χ0v) is 40.5. The number of carbonyl (C=O) groups is 3. The molecule has 4 aromatic heterocycles. The van der Waals surface area contributed by atoms with Crippen molar-refractivity contribution in [2.24, 2.45) is 5.92 Å². The SMILES string of the molecule is Cc1nnc(N2C[C@H](O[Si](c3ccccc3)(c3ccccc3)C(C)(C)C)C[C@H](C(=O)Nc3cnc4n(c3=O)[C@H](C(=O)NCc3cc5cnc(NC(=O)OC(C)(C)C)cc5s3)C[C@H]4C)C2)s1. The van der Waals surface area contributed by atoms with Crippen molar-refractivity contribution in [1.82, 2.24) is 30.0 Å². The molecule has 0 radical (unpaired) electrons. The largest absolute Gasteiger partial charge is 0.444 e. The van der Waals surface area contributed by atoms with Crippen molar-refractivity contribution >= 4 is 86.0 Å². The van der Waals surface area contributed by atoms with Gasteiger partial charge in [-0.2, -0.15) is 0 Å². The molecule has 0 bridgehead atoms. The fourth-order valence-corrected chi connectivity index (χ4v) is 15.3. The molecule has 6 heterocycles. The summed E-state index contributed by atoms with van der Waals surface area (Å²) in [5.74, 6) is -0.595. The number of rotatable bonds is 11. The van der Waals surface area contributed by atoms with Gasteiger partial charge in [0.2, 0.25) is 16.9 Å². The number of pyridine rings is 1. The van der Waals surface area contributed by atoms with Gasteiger partial charge >= 0.3 is 6.09 Å². The molecular weight excluding hydrogens is 879 g/mol. The van der Waals surface area contributed by atoms with Crippen LogP contribution < -0.4 is 36.8 Å². The summed E-state index contributed by atoms with van der Waals surface area (Å²) >= 11 is 2.92. The van der Waals surface area contributed by atoms with Gasteiger partial charge in [-0.3, -0.25) is 24.3 Å². The fraction of sp³-hybridized carbons (Fsp3) is 0.404. The molecule has 15 nitrogen and oxygen atoms in total. The molecule has 4 atom stereocenters. The number of hydrogen-bond donors (Lipinski definition) is 3. The second-order valence-corrected chi connectivity index (χ2v) is 25.4. The molecule has 3 amide bonds. The van der Waals surface area contributed by atoms with Gasteiger partial charge in [-0.25, -0.2) is 14.8 Å². The monoisotopic (exact) mass is 933 g/mol. The van der Waals surface area contributed by atoms with Crippen LogP contribution in [0.25, 0.3) is 10.1 Å². The van der Waals surface area contributed by atoms with E-state index in [1.807, 2.05) is 32.0 Å². The van der Waals surface area contributed by atoms with Crippen LogP contribution in [0.5, 0.6) is 0 Å². The first kappa shape index (κ1) is 45.7. The van der Waals surface area contributed by atoms with E-state index in [2.05, 4.69) is 110 Å². The summed E-state index contributed by atoms with van der Waals surface area (Å²) < 4.78 is 15.2. The fourth-order valence-electron chi connectivity index (χ4n) is 8.92. The number of thiophene rings is 1. The van der Waals surface area contributed by atoms with E-state index in [1.54, 1.807) is 33.0 Å². The van der Waals surface area contributed by atoms with Gasteiger partial charge in [-0.1, -0.05) is 99.7 Å². The van der Waals surface area contributed by atoms with Gasteiger partial charge in [-0.05, 0) is 68.1 Å². The summed E-state index contributed by atoms with van der Waals surface area (Å²) in [6.45, 7) is 17.0. The molecule has 0 unspecified atom stereocenters. The van der Waals surface area contributed by atoms with Gasteiger partial charge in [0.25, 0.3) is 13.9 Å². The van der Waals surface area contributed by atoms with Gasteiger partial charge < -0.3 is 24.7 Å². The molecule has 1 saturated heterocycles. The van der Waals surface area contributed by atoms with E-state index in [4.69, 9.17) is 9.16 Å². The Bertz CT molecular complexity index is 2730. The van der Waals surface area contributed by atoms with Crippen molar-refractivity contribution in [1.29, 1.82) is 0 Å². The van der Waals surface area contributed by atoms with Crippen LogP contribution >= 0.6 is 22.7 Å². The minimum absolute atomic E-state index is 0.00628. The van der Waals surface area contributed by atoms with E-state index in [-0.39, 0.29) is 41.1 Å². The molecule has 2 aromatic carbocycles. The number of amides is 3. The average molecular weight is 934 g/mol. The van der Waals surface area contributed by atoms with Crippen molar-refractivity contribution in [3.63, 3.8) is 0 Å². The molecule has 0 spiro atoms. The minimum atomic E-state index is -3.01. The van der Waals surface area contributed by atoms with Crippen LogP contribution in [0.4, 0.5) is 21.4 Å². The lowest BCUT2D eigenvalue weighted by molar-refractivity contribution is -0.124. The molecule has 3 N–H and O–H groups in total. The van der Waals surface area contributed by atoms with Gasteiger partial charge in [0.05, 0.1) is 24.8 Å². The third-order valence-electron chi connectivity index (χ3n) is 11.8. The number of anilines is 3. The molecule has 8 rings (SSSR count). The highest BCUT2D eigenvalue weighted by Gasteiger charge is 2.52. The normalized spacial score (nSPS) is 18.9. The van der Waals surface area contributed by atoms with E-state index in [1.165, 1.54) is 33.4 Å². The first-order valence-corrected chi connectivity index (χ1v) is 25.3. The Morgan fingerprint density at radius 2 is 1.54 bits per heavy atom. The number of ether oxygens (including phenoxy) is 1. The second-order valence-electron chi connectivity index (χ2n) is 18.9. The van der Waals surface area contributed by atoms with E-state index in [9.17, 15) is 19.2 Å². The van der Waals surface area contributed by atoms with Gasteiger partial charge in [0.15, 0.2) is 0 Å². The molecule has 340 valence electrons. The zero-order chi connectivity index (χ0) is 46.3. The summed E-state index contributed by atoms with van der Waals surface area (Å²) in [5, 5.41) is 21.7. The van der Waals surface area contributed by atoms with Crippen LogP contribution in [0.15, 0.2) is 90.0 Å². The number of aromatic nitrogens is 5. The molecule has 2 aliphatic heterocycles. The van der Waals surface area contributed by atoms with Crippen molar-refractivity contribution < 1.29 is 23.5 Å². The number of benzene rings is 2. The Morgan fingerprint density at radius 1 is 0.846 bits per heavy atom. The highest BCUT2D eigenvalue weighted by Crippen LogP contribution is 2.40. The predicted octanol–water partition coefficient (Wildman–Crippen LogP) is 7.13. The van der Waals surface area contributed by atoms with Crippen LogP contribution in [-0.2, 0) is 25.3 Å². The Kier molecular flexibility index (Phi) is 12.8. The molecule has 65 heavy (non-hydrogen) atoms. The molecule has 1 fully saturated rings. The predicted molar refractivity (Wildman–Crippen MR) is 258 cm³/mol. The topological polar surface area (TPSA) is 183 Å². The molecule has 2 aliphatic rings. The third kappa shape index (κ3) is 9.76. The van der Waals surface area contributed by atoms with E-state index in [0.29, 0.717) is 42.7 Å². The lowest BCUT2D eigenvalue weighted by Crippen LogP contribution is -2.69. The Morgan fingerprint density at radius 3 is 2.17 bits per heavy atom. The quantitative estimate of drug-likeness (QED) is 0.112. The summed E-state index contributed by atoms with van der Waals surface area (Å²) in [6.07, 6.45) is 2.87. The maximum atomic E-state index is 14.5. The van der Waals surface area contributed by atoms with Crippen molar-refractivity contribution in [3.8, 4) is 0 Å². The molecule has 18 heteroatoms. The first-order valence-electron chi connectivity index (χ1n) is 21.8. The van der Waals surface area contributed by atoms with Gasteiger partial charge in [0.1, 0.15) is 34.0 Å². The highest BCUT2D eigenvalue weighted by molar-refractivity contribution is 7.19. The number of fused-ring (bicyclic) bond motifs is 2. The van der Waals surface area contributed by atoms with Crippen LogP contribution in [0.1, 0.15) is 89.0 Å². The number of nitrogens with zero attached hydrogens (tertiary/aromatic N) is 6. The van der Waals surface area contributed by atoms with E-state index >= 15 is 0 Å². The zero-order valence-electron chi connectivity index (χ0n) is 37.9. The lowest BCUT2D eigenvalue weighted by atomic mass is 9.95. The second kappa shape index (κ2) is 18.2. The maximum absolute atomic E-state index is 14.5. The van der Waals surface area contributed by atoms with Crippen molar-refractivity contribution in [2.45, 2.75) is 103 Å². The lowest BCUT2D eigenvalue weighted by Gasteiger charge is -2.47. The Labute approximate surface area is 387 Å². The Hall–Kier alpha value is -5.82.